The number of ether oxygens (including phenoxy) is 3. The van der Waals surface area contributed by atoms with Gasteiger partial charge in [-0.3, -0.25) is 0 Å². The number of hydrogen-bond acceptors (Lipinski definition) is 5. The molecule has 1 aliphatic heterocycles. The maximum atomic E-state index is 12.7. The minimum absolute atomic E-state index is 0.00116. The van der Waals surface area contributed by atoms with Crippen molar-refractivity contribution in [2.45, 2.75) is 45.3 Å². The van der Waals surface area contributed by atoms with Gasteiger partial charge in [-0.25, -0.2) is 4.79 Å². The quantitative estimate of drug-likeness (QED) is 0.633. The van der Waals surface area contributed by atoms with E-state index in [0.717, 1.165) is 17.5 Å². The minimum atomic E-state index is -0.550. The van der Waals surface area contributed by atoms with Crippen LogP contribution in [0, 0.1) is 5.92 Å². The van der Waals surface area contributed by atoms with E-state index in [1.54, 1.807) is 18.1 Å². The van der Waals surface area contributed by atoms with Gasteiger partial charge in [-0.2, -0.15) is 0 Å². The summed E-state index contributed by atoms with van der Waals surface area (Å²) >= 11 is 0. The van der Waals surface area contributed by atoms with Crippen molar-refractivity contribution in [2.24, 2.45) is 5.92 Å². The highest BCUT2D eigenvalue weighted by molar-refractivity contribution is 5.69. The highest BCUT2D eigenvalue weighted by atomic mass is 16.6. The van der Waals surface area contributed by atoms with Crippen LogP contribution in [0.1, 0.15) is 44.2 Å². The van der Waals surface area contributed by atoms with Gasteiger partial charge in [-0.05, 0) is 50.3 Å². The van der Waals surface area contributed by atoms with Gasteiger partial charge < -0.3 is 24.2 Å². The molecule has 1 fully saturated rings. The van der Waals surface area contributed by atoms with Crippen LogP contribution in [0.5, 0.6) is 11.5 Å². The van der Waals surface area contributed by atoms with Gasteiger partial charge in [0.2, 0.25) is 0 Å². The number of carbonyl (C=O) groups excluding carboxylic acids is 1. The Morgan fingerprint density at radius 2 is 1.87 bits per heavy atom. The number of nitrogens with zero attached hydrogens (tertiary/aromatic N) is 1. The van der Waals surface area contributed by atoms with Crippen LogP contribution >= 0.6 is 0 Å². The number of rotatable bonds is 7. The molecule has 31 heavy (non-hydrogen) atoms. The van der Waals surface area contributed by atoms with E-state index in [-0.39, 0.29) is 23.7 Å². The Hall–Kier alpha value is -2.73. The normalized spacial score (nSPS) is 18.8. The molecule has 0 aliphatic carbocycles. The third-order valence-electron chi connectivity index (χ3n) is 5.47. The lowest BCUT2D eigenvalue weighted by Gasteiger charge is -2.24. The zero-order valence-electron chi connectivity index (χ0n) is 18.8. The molecule has 1 N–H and O–H groups in total. The predicted octanol–water partition coefficient (Wildman–Crippen LogP) is 4.96. The van der Waals surface area contributed by atoms with Crippen molar-refractivity contribution in [3.8, 4) is 11.5 Å². The van der Waals surface area contributed by atoms with Gasteiger partial charge in [0.15, 0.2) is 0 Å². The van der Waals surface area contributed by atoms with E-state index in [4.69, 9.17) is 14.2 Å². The number of carbonyl (C=O) groups is 1. The van der Waals surface area contributed by atoms with Crippen molar-refractivity contribution in [1.29, 1.82) is 0 Å². The van der Waals surface area contributed by atoms with Gasteiger partial charge in [-0.15, -0.1) is 0 Å². The van der Waals surface area contributed by atoms with Gasteiger partial charge in [-0.1, -0.05) is 36.4 Å². The van der Waals surface area contributed by atoms with E-state index < -0.39 is 5.60 Å². The standard InChI is InChI=1S/C25H33NO5/c1-25(2,3)31-24(28)26-15-19(12-13-30-17-18-8-6-5-7-9-18)22(16-26)21-11-10-20(29-4)14-23(21)27/h5-11,14,19,22,27H,12-13,15-17H2,1-4H3. The summed E-state index contributed by atoms with van der Waals surface area (Å²) in [5.74, 6) is 0.943. The molecule has 0 spiro atoms. The average molecular weight is 428 g/mol. The second-order valence-corrected chi connectivity index (χ2v) is 9.00. The van der Waals surface area contributed by atoms with Crippen LogP contribution in [0.2, 0.25) is 0 Å². The molecule has 0 bridgehead atoms. The fraction of sp³-hybridized carbons (Fsp3) is 0.480. The lowest BCUT2D eigenvalue weighted by atomic mass is 9.86. The summed E-state index contributed by atoms with van der Waals surface area (Å²) in [4.78, 5) is 14.4. The molecule has 2 atom stereocenters. The van der Waals surface area contributed by atoms with Crippen molar-refractivity contribution >= 4 is 6.09 Å². The summed E-state index contributed by atoms with van der Waals surface area (Å²) in [5, 5.41) is 10.6. The van der Waals surface area contributed by atoms with Crippen LogP contribution in [0.15, 0.2) is 48.5 Å². The lowest BCUT2D eigenvalue weighted by Crippen LogP contribution is -2.35. The maximum absolute atomic E-state index is 12.7. The van der Waals surface area contributed by atoms with E-state index in [2.05, 4.69) is 0 Å². The smallest absolute Gasteiger partial charge is 0.410 e. The number of benzene rings is 2. The first kappa shape index (κ1) is 22.9. The Kier molecular flexibility index (Phi) is 7.44. The highest BCUT2D eigenvalue weighted by Gasteiger charge is 2.38. The van der Waals surface area contributed by atoms with Gasteiger partial charge in [0.25, 0.3) is 0 Å². The molecule has 168 valence electrons. The molecule has 1 amide bonds. The van der Waals surface area contributed by atoms with Gasteiger partial charge in [0, 0.05) is 31.7 Å². The summed E-state index contributed by atoms with van der Waals surface area (Å²) < 4.78 is 16.7. The molecule has 0 aromatic heterocycles. The number of likely N-dealkylation sites (tertiary alicyclic amines) is 1. The molecule has 2 aromatic carbocycles. The molecule has 0 saturated carbocycles. The zero-order valence-corrected chi connectivity index (χ0v) is 18.8. The molecule has 2 aromatic rings. The molecule has 0 radical (unpaired) electrons. The Labute approximate surface area is 184 Å². The summed E-state index contributed by atoms with van der Waals surface area (Å²) in [6.07, 6.45) is 0.459. The average Bonchev–Trinajstić information content (AvgIpc) is 3.15. The second-order valence-electron chi connectivity index (χ2n) is 9.00. The van der Waals surface area contributed by atoms with E-state index in [9.17, 15) is 9.90 Å². The molecule has 2 unspecified atom stereocenters. The molecular weight excluding hydrogens is 394 g/mol. The van der Waals surface area contributed by atoms with Crippen LogP contribution in [0.25, 0.3) is 0 Å². The van der Waals surface area contributed by atoms with Crippen molar-refractivity contribution in [2.75, 3.05) is 26.8 Å². The van der Waals surface area contributed by atoms with Gasteiger partial charge in [0.1, 0.15) is 17.1 Å². The Bertz CT molecular complexity index is 862. The number of phenols is 1. The Morgan fingerprint density at radius 1 is 1.13 bits per heavy atom. The van der Waals surface area contributed by atoms with Crippen LogP contribution < -0.4 is 4.74 Å². The van der Waals surface area contributed by atoms with E-state index >= 15 is 0 Å². The zero-order chi connectivity index (χ0) is 22.4. The largest absolute Gasteiger partial charge is 0.508 e. The number of amides is 1. The predicted molar refractivity (Wildman–Crippen MR) is 119 cm³/mol. The molecule has 6 nitrogen and oxygen atoms in total. The van der Waals surface area contributed by atoms with Gasteiger partial charge in [0.05, 0.1) is 13.7 Å². The molecule has 1 saturated heterocycles. The monoisotopic (exact) mass is 427 g/mol. The molecule has 6 heteroatoms. The third kappa shape index (κ3) is 6.37. The minimum Gasteiger partial charge on any atom is -0.508 e. The van der Waals surface area contributed by atoms with Crippen LogP contribution in [-0.2, 0) is 16.1 Å². The number of hydrogen-bond donors (Lipinski definition) is 1. The topological polar surface area (TPSA) is 68.2 Å². The van der Waals surface area contributed by atoms with Crippen LogP contribution in [0.4, 0.5) is 4.79 Å². The van der Waals surface area contributed by atoms with Crippen LogP contribution in [0.3, 0.4) is 0 Å². The molecule has 1 heterocycles. The SMILES string of the molecule is COc1ccc(C2CN(C(=O)OC(C)(C)C)CC2CCOCc2ccccc2)c(O)c1. The number of aromatic hydroxyl groups is 1. The van der Waals surface area contributed by atoms with Crippen molar-refractivity contribution in [1.82, 2.24) is 4.90 Å². The fourth-order valence-corrected chi connectivity index (χ4v) is 3.95. The maximum Gasteiger partial charge on any atom is 0.410 e. The number of phenolic OH excluding ortho intramolecular Hbond substituents is 1. The van der Waals surface area contributed by atoms with Crippen molar-refractivity contribution in [3.05, 3.63) is 59.7 Å². The molecule has 1 aliphatic rings. The summed E-state index contributed by atoms with van der Waals surface area (Å²) in [7, 11) is 1.57. The van der Waals surface area contributed by atoms with Gasteiger partial charge >= 0.3 is 6.09 Å². The Balaban J connectivity index is 1.69. The first-order valence-electron chi connectivity index (χ1n) is 10.7. The van der Waals surface area contributed by atoms with Crippen LogP contribution in [-0.4, -0.2) is 48.5 Å². The van der Waals surface area contributed by atoms with Crippen molar-refractivity contribution in [3.63, 3.8) is 0 Å². The van der Waals surface area contributed by atoms with E-state index in [0.29, 0.717) is 32.1 Å². The van der Waals surface area contributed by atoms with E-state index in [1.165, 1.54) is 0 Å². The molecular formula is C25H33NO5. The fourth-order valence-electron chi connectivity index (χ4n) is 3.95. The lowest BCUT2D eigenvalue weighted by molar-refractivity contribution is 0.0282. The third-order valence-corrected chi connectivity index (χ3v) is 5.47. The Morgan fingerprint density at radius 3 is 2.52 bits per heavy atom. The van der Waals surface area contributed by atoms with Crippen molar-refractivity contribution < 1.29 is 24.1 Å². The summed E-state index contributed by atoms with van der Waals surface area (Å²) in [5.41, 5.74) is 1.40. The summed E-state index contributed by atoms with van der Waals surface area (Å²) in [6, 6.07) is 15.4. The molecule has 3 rings (SSSR count). The second kappa shape index (κ2) is 10.1. The van der Waals surface area contributed by atoms with E-state index in [1.807, 2.05) is 63.2 Å². The summed E-state index contributed by atoms with van der Waals surface area (Å²) in [6.45, 7) is 7.79. The highest BCUT2D eigenvalue weighted by Crippen LogP contribution is 2.40. The first-order valence-corrected chi connectivity index (χ1v) is 10.7. The number of methoxy groups -OCH3 is 1. The first-order chi connectivity index (χ1) is 14.8.